The van der Waals surface area contributed by atoms with E-state index in [0.29, 0.717) is 13.0 Å². The van der Waals surface area contributed by atoms with Crippen molar-refractivity contribution in [3.63, 3.8) is 0 Å². The predicted octanol–water partition coefficient (Wildman–Crippen LogP) is 0.112. The fourth-order valence-electron chi connectivity index (χ4n) is 3.19. The van der Waals surface area contributed by atoms with Gasteiger partial charge in [0.25, 0.3) is 0 Å². The average molecular weight is 337 g/mol. The minimum absolute atomic E-state index is 0.0692. The number of nitrogens with zero attached hydrogens (tertiary/aromatic N) is 2. The quantitative estimate of drug-likeness (QED) is 0.845. The van der Waals surface area contributed by atoms with Gasteiger partial charge in [-0.05, 0) is 18.6 Å². The Labute approximate surface area is 137 Å². The normalized spacial score (nSPS) is 24.5. The Kier molecular flexibility index (Phi) is 4.87. The number of hydrogen-bond acceptors (Lipinski definition) is 5. The van der Waals surface area contributed by atoms with Crippen LogP contribution in [0.15, 0.2) is 30.3 Å². The fourth-order valence-corrected chi connectivity index (χ4v) is 4.86. The van der Waals surface area contributed by atoms with Crippen molar-refractivity contribution in [2.75, 3.05) is 49.1 Å². The number of nitrogens with one attached hydrogen (secondary N) is 1. The molecule has 0 spiro atoms. The number of amides is 1. The van der Waals surface area contributed by atoms with Crippen molar-refractivity contribution >= 4 is 21.4 Å². The Morgan fingerprint density at radius 1 is 1.13 bits per heavy atom. The van der Waals surface area contributed by atoms with E-state index >= 15 is 0 Å². The molecule has 3 rings (SSSR count). The zero-order valence-electron chi connectivity index (χ0n) is 13.1. The molecule has 1 atom stereocenters. The van der Waals surface area contributed by atoms with Crippen molar-refractivity contribution in [2.24, 2.45) is 0 Å². The van der Waals surface area contributed by atoms with Gasteiger partial charge in [0.2, 0.25) is 5.91 Å². The molecular weight excluding hydrogens is 314 g/mol. The average Bonchev–Trinajstić information content (AvgIpc) is 2.87. The van der Waals surface area contributed by atoms with E-state index in [-0.39, 0.29) is 23.5 Å². The third-order valence-electron chi connectivity index (χ3n) is 4.46. The number of hydrogen-bond donors (Lipinski definition) is 1. The van der Waals surface area contributed by atoms with Gasteiger partial charge in [0.15, 0.2) is 9.84 Å². The van der Waals surface area contributed by atoms with Crippen molar-refractivity contribution in [3.8, 4) is 0 Å². The molecule has 1 unspecified atom stereocenters. The molecule has 2 aliphatic heterocycles. The highest BCUT2D eigenvalue weighted by Crippen LogP contribution is 2.15. The molecule has 23 heavy (non-hydrogen) atoms. The molecule has 1 amide bonds. The van der Waals surface area contributed by atoms with Gasteiger partial charge in [-0.2, -0.15) is 0 Å². The van der Waals surface area contributed by atoms with Crippen LogP contribution in [0.5, 0.6) is 0 Å². The Hall–Kier alpha value is -1.60. The summed E-state index contributed by atoms with van der Waals surface area (Å²) in [5.74, 6) is 0.203. The van der Waals surface area contributed by atoms with Gasteiger partial charge in [-0.1, -0.05) is 18.2 Å². The summed E-state index contributed by atoms with van der Waals surface area (Å²) >= 11 is 0. The highest BCUT2D eigenvalue weighted by Gasteiger charge is 2.29. The van der Waals surface area contributed by atoms with Crippen LogP contribution < -0.4 is 10.2 Å². The van der Waals surface area contributed by atoms with E-state index in [9.17, 15) is 13.2 Å². The second-order valence-electron chi connectivity index (χ2n) is 6.27. The number of para-hydroxylation sites is 1. The Morgan fingerprint density at radius 3 is 2.43 bits per heavy atom. The lowest BCUT2D eigenvalue weighted by molar-refractivity contribution is -0.122. The number of rotatable bonds is 4. The van der Waals surface area contributed by atoms with Gasteiger partial charge in [-0.25, -0.2) is 8.42 Å². The number of anilines is 1. The molecule has 0 saturated carbocycles. The number of carbonyl (C=O) groups is 1. The molecule has 0 radical (unpaired) electrons. The molecular formula is C16H23N3O3S. The Balaban J connectivity index is 1.43. The molecule has 1 aromatic rings. The second-order valence-corrected chi connectivity index (χ2v) is 8.49. The first-order valence-electron chi connectivity index (χ1n) is 8.04. The largest absolute Gasteiger partial charge is 0.369 e. The topological polar surface area (TPSA) is 69.7 Å². The van der Waals surface area contributed by atoms with E-state index in [1.165, 1.54) is 5.69 Å². The first-order valence-corrected chi connectivity index (χ1v) is 9.86. The maximum atomic E-state index is 12.1. The summed E-state index contributed by atoms with van der Waals surface area (Å²) in [7, 11) is -2.95. The fraction of sp³-hybridized carbons (Fsp3) is 0.562. The summed E-state index contributed by atoms with van der Waals surface area (Å²) in [5, 5.41) is 2.85. The van der Waals surface area contributed by atoms with Crippen LogP contribution in [0.1, 0.15) is 6.42 Å². The maximum Gasteiger partial charge on any atom is 0.234 e. The monoisotopic (exact) mass is 337 g/mol. The van der Waals surface area contributed by atoms with Gasteiger partial charge < -0.3 is 10.2 Å². The molecule has 2 saturated heterocycles. The number of sulfone groups is 1. The van der Waals surface area contributed by atoms with Crippen molar-refractivity contribution in [2.45, 2.75) is 12.5 Å². The van der Waals surface area contributed by atoms with Crippen LogP contribution in [0, 0.1) is 0 Å². The molecule has 2 aliphatic rings. The van der Waals surface area contributed by atoms with Gasteiger partial charge >= 0.3 is 0 Å². The van der Waals surface area contributed by atoms with E-state index in [2.05, 4.69) is 27.2 Å². The lowest BCUT2D eigenvalue weighted by atomic mass is 10.2. The van der Waals surface area contributed by atoms with E-state index in [4.69, 9.17) is 0 Å². The van der Waals surface area contributed by atoms with E-state index in [1.54, 1.807) is 0 Å². The minimum atomic E-state index is -2.95. The van der Waals surface area contributed by atoms with Crippen LogP contribution in [0.2, 0.25) is 0 Å². The molecule has 0 bridgehead atoms. The van der Waals surface area contributed by atoms with Crippen molar-refractivity contribution in [1.29, 1.82) is 0 Å². The lowest BCUT2D eigenvalue weighted by Crippen LogP contribution is -2.50. The first kappa shape index (κ1) is 16.3. The van der Waals surface area contributed by atoms with Gasteiger partial charge in [0, 0.05) is 37.9 Å². The molecule has 1 aromatic carbocycles. The van der Waals surface area contributed by atoms with Crippen LogP contribution in [0.4, 0.5) is 5.69 Å². The molecule has 0 aliphatic carbocycles. The van der Waals surface area contributed by atoms with Crippen molar-refractivity contribution in [1.82, 2.24) is 10.2 Å². The minimum Gasteiger partial charge on any atom is -0.369 e. The summed E-state index contributed by atoms with van der Waals surface area (Å²) in [6, 6.07) is 10.1. The van der Waals surface area contributed by atoms with Gasteiger partial charge in [0.05, 0.1) is 18.1 Å². The molecule has 0 aromatic heterocycles. The third kappa shape index (κ3) is 4.45. The zero-order valence-corrected chi connectivity index (χ0v) is 14.0. The zero-order chi connectivity index (χ0) is 16.3. The molecule has 1 N–H and O–H groups in total. The van der Waals surface area contributed by atoms with E-state index in [0.717, 1.165) is 26.2 Å². The SMILES string of the molecule is O=C(CN1CCN(c2ccccc2)CC1)NC1CCS(=O)(=O)C1. The van der Waals surface area contributed by atoms with Gasteiger partial charge in [-0.15, -0.1) is 0 Å². The van der Waals surface area contributed by atoms with Crippen LogP contribution in [-0.2, 0) is 14.6 Å². The summed E-state index contributed by atoms with van der Waals surface area (Å²) in [6.07, 6.45) is 0.538. The molecule has 6 nitrogen and oxygen atoms in total. The van der Waals surface area contributed by atoms with Crippen LogP contribution in [0.3, 0.4) is 0 Å². The summed E-state index contributed by atoms with van der Waals surface area (Å²) in [5.41, 5.74) is 1.22. The highest BCUT2D eigenvalue weighted by atomic mass is 32.2. The Morgan fingerprint density at radius 2 is 1.83 bits per heavy atom. The van der Waals surface area contributed by atoms with Gasteiger partial charge in [0.1, 0.15) is 0 Å². The number of carbonyl (C=O) groups excluding carboxylic acids is 1. The van der Waals surface area contributed by atoms with Crippen molar-refractivity contribution < 1.29 is 13.2 Å². The van der Waals surface area contributed by atoms with Gasteiger partial charge in [-0.3, -0.25) is 9.69 Å². The standard InChI is InChI=1S/C16H23N3O3S/c20-16(17-14-6-11-23(21,22)13-14)12-18-7-9-19(10-8-18)15-4-2-1-3-5-15/h1-5,14H,6-13H2,(H,17,20). The first-order chi connectivity index (χ1) is 11.0. The van der Waals surface area contributed by atoms with Crippen LogP contribution in [0.25, 0.3) is 0 Å². The summed E-state index contributed by atoms with van der Waals surface area (Å²) < 4.78 is 22.8. The molecule has 2 fully saturated rings. The van der Waals surface area contributed by atoms with E-state index < -0.39 is 9.84 Å². The Bertz CT molecular complexity index is 640. The summed E-state index contributed by atoms with van der Waals surface area (Å²) in [6.45, 7) is 3.82. The van der Waals surface area contributed by atoms with E-state index in [1.807, 2.05) is 18.2 Å². The number of benzene rings is 1. The molecule has 2 heterocycles. The third-order valence-corrected chi connectivity index (χ3v) is 6.23. The van der Waals surface area contributed by atoms with Crippen LogP contribution >= 0.6 is 0 Å². The molecule has 7 heteroatoms. The maximum absolute atomic E-state index is 12.1. The predicted molar refractivity (Wildman–Crippen MR) is 90.3 cm³/mol. The smallest absolute Gasteiger partial charge is 0.234 e. The van der Waals surface area contributed by atoms with Crippen molar-refractivity contribution in [3.05, 3.63) is 30.3 Å². The second kappa shape index (κ2) is 6.88. The number of piperazine rings is 1. The summed E-state index contributed by atoms with van der Waals surface area (Å²) in [4.78, 5) is 16.5. The van der Waals surface area contributed by atoms with Crippen LogP contribution in [-0.4, -0.2) is 69.5 Å². The highest BCUT2D eigenvalue weighted by molar-refractivity contribution is 7.91. The lowest BCUT2D eigenvalue weighted by Gasteiger charge is -2.35. The molecule has 126 valence electrons.